The van der Waals surface area contributed by atoms with Gasteiger partial charge < -0.3 is 0 Å². The molecule has 0 saturated carbocycles. The number of carbonyl (C=O) groups is 1. The highest BCUT2D eigenvalue weighted by molar-refractivity contribution is 8.02. The van der Waals surface area contributed by atoms with Gasteiger partial charge in [0.25, 0.3) is 0 Å². The van der Waals surface area contributed by atoms with Crippen molar-refractivity contribution in [3.05, 3.63) is 88.3 Å². The zero-order valence-electron chi connectivity index (χ0n) is 12.2. The van der Waals surface area contributed by atoms with Crippen molar-refractivity contribution in [2.75, 3.05) is 5.75 Å². The Bertz CT molecular complexity index is 773. The Morgan fingerprint density at radius 2 is 1.73 bits per heavy atom. The van der Waals surface area contributed by atoms with Gasteiger partial charge in [-0.05, 0) is 11.6 Å². The van der Waals surface area contributed by atoms with Crippen LogP contribution in [0.2, 0.25) is 0 Å². The Kier molecular flexibility index (Phi) is 3.47. The van der Waals surface area contributed by atoms with E-state index >= 15 is 0 Å². The van der Waals surface area contributed by atoms with Crippen molar-refractivity contribution in [2.45, 2.75) is 11.7 Å². The second kappa shape index (κ2) is 5.62. The lowest BCUT2D eigenvalue weighted by Crippen LogP contribution is -2.28. The smallest absolute Gasteiger partial charge is 0.240 e. The van der Waals surface area contributed by atoms with Crippen LogP contribution in [0.5, 0.6) is 0 Å². The number of hydrogen-bond acceptors (Lipinski definition) is 1. The highest BCUT2D eigenvalue weighted by Crippen LogP contribution is 2.43. The van der Waals surface area contributed by atoms with E-state index in [1.165, 1.54) is 11.1 Å². The fourth-order valence-corrected chi connectivity index (χ4v) is 5.78. The largest absolute Gasteiger partial charge is 0.284 e. The monoisotopic (exact) mass is 305 g/mol. The molecular weight excluding hydrogens is 288 g/mol. The van der Waals surface area contributed by atoms with Crippen LogP contribution in [-0.4, -0.2) is 11.5 Å². The number of carbonyl (C=O) groups excluding carboxylic acids is 1. The molecule has 0 fully saturated rings. The predicted molar refractivity (Wildman–Crippen MR) is 93.9 cm³/mol. The van der Waals surface area contributed by atoms with Gasteiger partial charge in [0.1, 0.15) is 5.75 Å². The molecule has 0 N–H and O–H groups in total. The topological polar surface area (TPSA) is 17.1 Å². The number of ketones is 1. The maximum absolute atomic E-state index is 13.0. The van der Waals surface area contributed by atoms with E-state index in [1.807, 2.05) is 30.3 Å². The minimum Gasteiger partial charge on any atom is -0.284 e. The van der Waals surface area contributed by atoms with Crippen LogP contribution in [0.4, 0.5) is 0 Å². The van der Waals surface area contributed by atoms with E-state index in [1.54, 1.807) is 0 Å². The maximum Gasteiger partial charge on any atom is 0.240 e. The molecule has 2 aliphatic rings. The molecule has 108 valence electrons. The predicted octanol–water partition coefficient (Wildman–Crippen LogP) is 4.54. The molecule has 0 bridgehead atoms. The quantitative estimate of drug-likeness (QED) is 0.452. The molecule has 1 nitrogen and oxygen atoms in total. The van der Waals surface area contributed by atoms with Gasteiger partial charge in [-0.2, -0.15) is 0 Å². The lowest BCUT2D eigenvalue weighted by molar-refractivity contribution is 0.104. The van der Waals surface area contributed by atoms with Crippen LogP contribution in [-0.2, 0) is 10.9 Å². The summed E-state index contributed by atoms with van der Waals surface area (Å²) >= 11 is 0. The molecular formula is C20H17OS+. The minimum absolute atomic E-state index is 0.00760. The van der Waals surface area contributed by atoms with Gasteiger partial charge in [0.15, 0.2) is 5.25 Å². The Hall–Kier alpha value is -2.06. The number of rotatable bonds is 2. The van der Waals surface area contributed by atoms with Crippen molar-refractivity contribution < 1.29 is 4.79 Å². The Morgan fingerprint density at radius 1 is 0.955 bits per heavy atom. The van der Waals surface area contributed by atoms with E-state index in [-0.39, 0.29) is 16.7 Å². The van der Waals surface area contributed by atoms with Crippen LogP contribution in [0.15, 0.2) is 71.7 Å². The molecule has 2 unspecified atom stereocenters. The standard InChI is InChI=1S/C20H17OS/c21-20(15-8-2-1-3-9-15)19-14-16-10-4-5-11-17(16)18-12-6-7-13-22(18)19/h1-11,14,18H,12-13H2/q+1. The number of allylic oxidation sites excluding steroid dienone is 2. The molecule has 22 heavy (non-hydrogen) atoms. The van der Waals surface area contributed by atoms with Gasteiger partial charge in [-0.3, -0.25) is 4.79 Å². The highest BCUT2D eigenvalue weighted by Gasteiger charge is 2.43. The zero-order chi connectivity index (χ0) is 14.9. The molecule has 0 saturated heterocycles. The van der Waals surface area contributed by atoms with E-state index < -0.39 is 0 Å². The van der Waals surface area contributed by atoms with Gasteiger partial charge in [0.2, 0.25) is 10.7 Å². The third-order valence-electron chi connectivity index (χ3n) is 4.31. The molecule has 2 aromatic carbocycles. The Labute approximate surface area is 133 Å². The lowest BCUT2D eigenvalue weighted by atomic mass is 9.99. The summed E-state index contributed by atoms with van der Waals surface area (Å²) < 4.78 is 0. The molecule has 2 aliphatic heterocycles. The average Bonchev–Trinajstić information content (AvgIpc) is 2.61. The van der Waals surface area contributed by atoms with Crippen LogP contribution in [0.3, 0.4) is 0 Å². The van der Waals surface area contributed by atoms with E-state index in [9.17, 15) is 4.79 Å². The van der Waals surface area contributed by atoms with Crippen molar-refractivity contribution in [3.63, 3.8) is 0 Å². The summed E-state index contributed by atoms with van der Waals surface area (Å²) in [5, 5.41) is 0.467. The molecule has 0 aromatic heterocycles. The van der Waals surface area contributed by atoms with Crippen LogP contribution >= 0.6 is 0 Å². The summed E-state index contributed by atoms with van der Waals surface area (Å²) in [5.74, 6) is 1.18. The van der Waals surface area contributed by atoms with Crippen LogP contribution < -0.4 is 0 Å². The van der Waals surface area contributed by atoms with Gasteiger partial charge in [-0.25, -0.2) is 0 Å². The SMILES string of the molecule is O=C(C1=Cc2ccccc2C2CC=CC[S+]12)c1ccccc1. The molecule has 0 aliphatic carbocycles. The van der Waals surface area contributed by atoms with Crippen LogP contribution in [0.1, 0.15) is 33.2 Å². The number of Topliss-reactive ketones (excluding diaryl/α,β-unsaturated/α-hetero) is 1. The fourth-order valence-electron chi connectivity index (χ4n) is 3.22. The summed E-state index contributed by atoms with van der Waals surface area (Å²) in [6.45, 7) is 0. The normalized spacial score (nSPS) is 22.5. The third kappa shape index (κ3) is 2.24. The van der Waals surface area contributed by atoms with Crippen LogP contribution in [0, 0.1) is 0 Å². The van der Waals surface area contributed by atoms with Gasteiger partial charge in [-0.1, -0.05) is 60.7 Å². The molecule has 0 amide bonds. The molecule has 4 rings (SSSR count). The Balaban J connectivity index is 1.83. The molecule has 2 aromatic rings. The van der Waals surface area contributed by atoms with Gasteiger partial charge in [0, 0.05) is 34.5 Å². The average molecular weight is 305 g/mol. The number of fused-ring (bicyclic) bond motifs is 3. The van der Waals surface area contributed by atoms with Gasteiger partial charge in [-0.15, -0.1) is 0 Å². The summed E-state index contributed by atoms with van der Waals surface area (Å²) in [6.07, 6.45) is 7.67. The highest BCUT2D eigenvalue weighted by atomic mass is 32.2. The summed E-state index contributed by atoms with van der Waals surface area (Å²) in [6, 6.07) is 18.2. The van der Waals surface area contributed by atoms with Crippen LogP contribution in [0.25, 0.3) is 6.08 Å². The van der Waals surface area contributed by atoms with E-state index in [0.29, 0.717) is 5.25 Å². The Morgan fingerprint density at radius 3 is 2.59 bits per heavy atom. The second-order valence-electron chi connectivity index (χ2n) is 5.62. The molecule has 2 heteroatoms. The zero-order valence-corrected chi connectivity index (χ0v) is 13.1. The molecule has 0 spiro atoms. The van der Waals surface area contributed by atoms with E-state index in [4.69, 9.17) is 0 Å². The second-order valence-corrected chi connectivity index (χ2v) is 7.82. The van der Waals surface area contributed by atoms with Crippen molar-refractivity contribution in [3.8, 4) is 0 Å². The van der Waals surface area contributed by atoms with Crippen molar-refractivity contribution in [1.29, 1.82) is 0 Å². The van der Waals surface area contributed by atoms with Crippen molar-refractivity contribution >= 4 is 22.8 Å². The van der Waals surface area contributed by atoms with Gasteiger partial charge >= 0.3 is 0 Å². The summed E-state index contributed by atoms with van der Waals surface area (Å²) in [7, 11) is -0.00760. The maximum atomic E-state index is 13.0. The molecule has 2 atom stereocenters. The number of benzene rings is 2. The summed E-state index contributed by atoms with van der Waals surface area (Å²) in [4.78, 5) is 14.0. The summed E-state index contributed by atoms with van der Waals surface area (Å²) in [5.41, 5.74) is 3.42. The van der Waals surface area contributed by atoms with Gasteiger partial charge in [0.05, 0.1) is 0 Å². The molecule has 0 radical (unpaired) electrons. The fraction of sp³-hybridized carbons (Fsp3) is 0.150. The van der Waals surface area contributed by atoms with Crippen molar-refractivity contribution in [1.82, 2.24) is 0 Å². The first-order chi connectivity index (χ1) is 10.8. The number of hydrogen-bond donors (Lipinski definition) is 0. The minimum atomic E-state index is -0.00760. The van der Waals surface area contributed by atoms with E-state index in [0.717, 1.165) is 22.6 Å². The third-order valence-corrected chi connectivity index (χ3v) is 6.86. The first-order valence-electron chi connectivity index (χ1n) is 7.59. The first-order valence-corrected chi connectivity index (χ1v) is 9.05. The van der Waals surface area contributed by atoms with Crippen molar-refractivity contribution in [2.24, 2.45) is 0 Å². The first kappa shape index (κ1) is 13.6. The van der Waals surface area contributed by atoms with E-state index in [2.05, 4.69) is 42.5 Å². The lowest BCUT2D eigenvalue weighted by Gasteiger charge is -2.26. The molecule has 2 heterocycles.